The third kappa shape index (κ3) is 2.50. The van der Waals surface area contributed by atoms with E-state index in [1.54, 1.807) is 17.4 Å². The summed E-state index contributed by atoms with van der Waals surface area (Å²) in [6.07, 6.45) is 0. The number of H-pyrrole nitrogens is 1. The van der Waals surface area contributed by atoms with Crippen LogP contribution in [0.3, 0.4) is 0 Å². The van der Waals surface area contributed by atoms with Crippen LogP contribution in [0.5, 0.6) is 0 Å². The first-order valence-electron chi connectivity index (χ1n) is 6.09. The first-order valence-corrected chi connectivity index (χ1v) is 6.97. The summed E-state index contributed by atoms with van der Waals surface area (Å²) in [6.45, 7) is 0.612. The third-order valence-corrected chi connectivity index (χ3v) is 3.76. The second kappa shape index (κ2) is 5.34. The molecule has 0 spiro atoms. The molecule has 2 heterocycles. The zero-order valence-corrected chi connectivity index (χ0v) is 11.7. The van der Waals surface area contributed by atoms with Gasteiger partial charge in [-0.15, -0.1) is 11.3 Å². The maximum Gasteiger partial charge on any atom is 0.354 e. The van der Waals surface area contributed by atoms with Gasteiger partial charge in [-0.25, -0.2) is 9.78 Å². The Hall–Kier alpha value is -2.34. The molecule has 0 amide bonds. The highest BCUT2D eigenvalue weighted by Crippen LogP contribution is 2.22. The van der Waals surface area contributed by atoms with Gasteiger partial charge in [0.2, 0.25) is 0 Å². The molecule has 0 saturated carbocycles. The first-order chi connectivity index (χ1) is 9.76. The molecule has 5 nitrogen and oxygen atoms in total. The lowest BCUT2D eigenvalue weighted by molar-refractivity contribution is 0.0594. The number of carbonyl (C=O) groups is 1. The molecule has 0 aliphatic carbocycles. The van der Waals surface area contributed by atoms with Crippen molar-refractivity contribution in [3.8, 4) is 0 Å². The number of rotatable bonds is 4. The smallest absolute Gasteiger partial charge is 0.354 e. The third-order valence-electron chi connectivity index (χ3n) is 2.97. The molecule has 0 aliphatic heterocycles. The van der Waals surface area contributed by atoms with Crippen LogP contribution in [0.1, 0.15) is 16.2 Å². The van der Waals surface area contributed by atoms with Crippen LogP contribution in [0.25, 0.3) is 10.2 Å². The lowest BCUT2D eigenvalue weighted by Crippen LogP contribution is -2.03. The molecule has 0 unspecified atom stereocenters. The van der Waals surface area contributed by atoms with E-state index < -0.39 is 0 Å². The van der Waals surface area contributed by atoms with E-state index in [-0.39, 0.29) is 5.97 Å². The van der Waals surface area contributed by atoms with Crippen LogP contribution >= 0.6 is 11.3 Å². The molecule has 0 aliphatic rings. The summed E-state index contributed by atoms with van der Waals surface area (Å²) in [5.74, 6) is -0.359. The number of nitrogens with zero attached hydrogens (tertiary/aromatic N) is 1. The number of carbonyl (C=O) groups excluding carboxylic acids is 1. The molecule has 3 aromatic rings. The standard InChI is InChI=1S/C14H13N3O2S/c1-19-14(18)12-5-3-10(17-12)7-15-9-2-4-11-13(6-9)20-8-16-11/h2-6,8,15,17H,7H2,1H3. The first kappa shape index (κ1) is 12.7. The normalized spacial score (nSPS) is 10.7. The highest BCUT2D eigenvalue weighted by molar-refractivity contribution is 7.16. The van der Waals surface area contributed by atoms with Crippen LogP contribution in [0.2, 0.25) is 0 Å². The van der Waals surface area contributed by atoms with Crippen LogP contribution in [0.4, 0.5) is 5.69 Å². The SMILES string of the molecule is COC(=O)c1ccc(CNc2ccc3ncsc3c2)[nH]1. The van der Waals surface area contributed by atoms with Gasteiger partial charge in [-0.2, -0.15) is 0 Å². The van der Waals surface area contributed by atoms with E-state index in [0.717, 1.165) is 21.6 Å². The zero-order chi connectivity index (χ0) is 13.9. The van der Waals surface area contributed by atoms with Gasteiger partial charge in [0.1, 0.15) is 5.69 Å². The molecule has 102 valence electrons. The number of hydrogen-bond donors (Lipinski definition) is 2. The number of ether oxygens (including phenoxy) is 1. The van der Waals surface area contributed by atoms with Gasteiger partial charge in [0.15, 0.2) is 0 Å². The van der Waals surface area contributed by atoms with Gasteiger partial charge in [0, 0.05) is 11.4 Å². The van der Waals surface area contributed by atoms with Gasteiger partial charge in [-0.05, 0) is 30.3 Å². The van der Waals surface area contributed by atoms with E-state index in [1.807, 2.05) is 23.7 Å². The molecule has 1 aromatic carbocycles. The van der Waals surface area contributed by atoms with Crippen molar-refractivity contribution in [2.24, 2.45) is 0 Å². The molecular formula is C14H13N3O2S. The molecule has 0 radical (unpaired) electrons. The number of thiazole rings is 1. The maximum absolute atomic E-state index is 11.3. The highest BCUT2D eigenvalue weighted by atomic mass is 32.1. The van der Waals surface area contributed by atoms with Crippen molar-refractivity contribution >= 4 is 33.2 Å². The van der Waals surface area contributed by atoms with Crippen LogP contribution in [0.15, 0.2) is 35.8 Å². The van der Waals surface area contributed by atoms with Crippen LogP contribution in [0, 0.1) is 0 Å². The lowest BCUT2D eigenvalue weighted by Gasteiger charge is -2.04. The van der Waals surface area contributed by atoms with Gasteiger partial charge < -0.3 is 15.0 Å². The summed E-state index contributed by atoms with van der Waals surface area (Å²) >= 11 is 1.61. The van der Waals surface area contributed by atoms with Gasteiger partial charge in [-0.3, -0.25) is 0 Å². The molecule has 0 saturated heterocycles. The minimum absolute atomic E-state index is 0.359. The quantitative estimate of drug-likeness (QED) is 0.724. The second-order valence-electron chi connectivity index (χ2n) is 4.28. The largest absolute Gasteiger partial charge is 0.464 e. The Morgan fingerprint density at radius 2 is 2.30 bits per heavy atom. The summed E-state index contributed by atoms with van der Waals surface area (Å²) in [7, 11) is 1.37. The molecule has 3 rings (SSSR count). The number of methoxy groups -OCH3 is 1. The number of benzene rings is 1. The Balaban J connectivity index is 1.69. The fourth-order valence-corrected chi connectivity index (χ4v) is 2.65. The summed E-state index contributed by atoms with van der Waals surface area (Å²) < 4.78 is 5.81. The number of nitrogens with one attached hydrogen (secondary N) is 2. The number of aromatic amines is 1. The second-order valence-corrected chi connectivity index (χ2v) is 5.16. The van der Waals surface area contributed by atoms with E-state index in [4.69, 9.17) is 0 Å². The monoisotopic (exact) mass is 287 g/mol. The van der Waals surface area contributed by atoms with E-state index in [2.05, 4.69) is 26.1 Å². The molecule has 2 aromatic heterocycles. The van der Waals surface area contributed by atoms with Crippen molar-refractivity contribution in [2.45, 2.75) is 6.54 Å². The zero-order valence-electron chi connectivity index (χ0n) is 10.8. The summed E-state index contributed by atoms with van der Waals surface area (Å²) in [4.78, 5) is 18.6. The van der Waals surface area contributed by atoms with Crippen LogP contribution in [-0.2, 0) is 11.3 Å². The Morgan fingerprint density at radius 3 is 3.15 bits per heavy atom. The maximum atomic E-state index is 11.3. The fraction of sp³-hybridized carbons (Fsp3) is 0.143. The Kier molecular flexibility index (Phi) is 3.39. The summed E-state index contributed by atoms with van der Waals surface area (Å²) in [5, 5.41) is 3.31. The number of fused-ring (bicyclic) bond motifs is 1. The molecule has 0 fully saturated rings. The van der Waals surface area contributed by atoms with E-state index in [1.165, 1.54) is 7.11 Å². The highest BCUT2D eigenvalue weighted by Gasteiger charge is 2.07. The predicted molar refractivity (Wildman–Crippen MR) is 79.1 cm³/mol. The minimum Gasteiger partial charge on any atom is -0.464 e. The molecule has 0 atom stereocenters. The van der Waals surface area contributed by atoms with Gasteiger partial charge >= 0.3 is 5.97 Å². The van der Waals surface area contributed by atoms with Gasteiger partial charge in [0.05, 0.1) is 29.4 Å². The van der Waals surface area contributed by atoms with E-state index >= 15 is 0 Å². The summed E-state index contributed by atoms with van der Waals surface area (Å²) in [6, 6.07) is 9.63. The molecule has 0 bridgehead atoms. The lowest BCUT2D eigenvalue weighted by atomic mass is 10.3. The average molecular weight is 287 g/mol. The van der Waals surface area contributed by atoms with Crippen molar-refractivity contribution in [3.63, 3.8) is 0 Å². The molecule has 6 heteroatoms. The Labute approximate surface area is 119 Å². The Morgan fingerprint density at radius 1 is 1.40 bits per heavy atom. The number of aromatic nitrogens is 2. The van der Waals surface area contributed by atoms with Gasteiger partial charge in [-0.1, -0.05) is 0 Å². The topological polar surface area (TPSA) is 67.0 Å². The number of anilines is 1. The summed E-state index contributed by atoms with van der Waals surface area (Å²) in [5.41, 5.74) is 5.25. The average Bonchev–Trinajstić information content (AvgIpc) is 3.12. The van der Waals surface area contributed by atoms with Crippen molar-refractivity contribution in [2.75, 3.05) is 12.4 Å². The molecular weight excluding hydrogens is 274 g/mol. The van der Waals surface area contributed by atoms with E-state index in [0.29, 0.717) is 12.2 Å². The molecule has 20 heavy (non-hydrogen) atoms. The molecule has 2 N–H and O–H groups in total. The van der Waals surface area contributed by atoms with Crippen molar-refractivity contribution in [3.05, 3.63) is 47.2 Å². The predicted octanol–water partition coefficient (Wildman–Crippen LogP) is 3.02. The van der Waals surface area contributed by atoms with Crippen LogP contribution < -0.4 is 5.32 Å². The number of hydrogen-bond acceptors (Lipinski definition) is 5. The van der Waals surface area contributed by atoms with E-state index in [9.17, 15) is 4.79 Å². The van der Waals surface area contributed by atoms with Crippen molar-refractivity contribution < 1.29 is 9.53 Å². The minimum atomic E-state index is -0.359. The fourth-order valence-electron chi connectivity index (χ4n) is 1.93. The van der Waals surface area contributed by atoms with Crippen LogP contribution in [-0.4, -0.2) is 23.0 Å². The number of esters is 1. The van der Waals surface area contributed by atoms with Crippen molar-refractivity contribution in [1.82, 2.24) is 9.97 Å². The van der Waals surface area contributed by atoms with Gasteiger partial charge in [0.25, 0.3) is 0 Å². The van der Waals surface area contributed by atoms with Crippen molar-refractivity contribution in [1.29, 1.82) is 0 Å². The Bertz CT molecular complexity index is 748.